The Kier molecular flexibility index (Phi) is 4.44. The van der Waals surface area contributed by atoms with Crippen molar-refractivity contribution < 1.29 is 9.53 Å². The molecule has 2 rings (SSSR count). The fourth-order valence-corrected chi connectivity index (χ4v) is 2.10. The standard InChI is InChI=1S/C13H17ClN2O2/c1-9-11(14)5-2-6-12(9)16-13(17)15-8-10-4-3-7-18-10/h2,5-6,10H,3-4,7-8H2,1H3,(H2,15,16,17). The van der Waals surface area contributed by atoms with Crippen molar-refractivity contribution in [1.82, 2.24) is 5.32 Å². The fraction of sp³-hybridized carbons (Fsp3) is 0.462. The molecule has 0 bridgehead atoms. The number of nitrogens with one attached hydrogen (secondary N) is 2. The Hall–Kier alpha value is -1.26. The van der Waals surface area contributed by atoms with E-state index in [0.29, 0.717) is 11.6 Å². The Balaban J connectivity index is 1.84. The van der Waals surface area contributed by atoms with Crippen LogP contribution in [0.25, 0.3) is 0 Å². The van der Waals surface area contributed by atoms with Crippen molar-refractivity contribution in [3.8, 4) is 0 Å². The third-order valence-corrected chi connectivity index (χ3v) is 3.44. The maximum atomic E-state index is 11.7. The number of hydrogen-bond donors (Lipinski definition) is 2. The highest BCUT2D eigenvalue weighted by molar-refractivity contribution is 6.31. The van der Waals surface area contributed by atoms with Crippen LogP contribution in [-0.2, 0) is 4.74 Å². The van der Waals surface area contributed by atoms with E-state index in [1.807, 2.05) is 19.1 Å². The molecular formula is C13H17ClN2O2. The predicted octanol–water partition coefficient (Wildman–Crippen LogP) is 2.95. The molecule has 0 aromatic heterocycles. The molecule has 1 aromatic carbocycles. The molecule has 2 amide bonds. The van der Waals surface area contributed by atoms with Crippen LogP contribution in [0.5, 0.6) is 0 Å². The predicted molar refractivity (Wildman–Crippen MR) is 72.2 cm³/mol. The summed E-state index contributed by atoms with van der Waals surface area (Å²) in [5.74, 6) is 0. The third-order valence-electron chi connectivity index (χ3n) is 3.03. The molecule has 0 aliphatic carbocycles. The molecule has 18 heavy (non-hydrogen) atoms. The lowest BCUT2D eigenvalue weighted by Crippen LogP contribution is -2.35. The molecule has 1 fully saturated rings. The average molecular weight is 269 g/mol. The zero-order valence-corrected chi connectivity index (χ0v) is 11.1. The van der Waals surface area contributed by atoms with Gasteiger partial charge in [0.25, 0.3) is 0 Å². The molecule has 1 aliphatic rings. The first-order valence-corrected chi connectivity index (χ1v) is 6.46. The highest BCUT2D eigenvalue weighted by atomic mass is 35.5. The number of amides is 2. The molecule has 2 N–H and O–H groups in total. The summed E-state index contributed by atoms with van der Waals surface area (Å²) in [5, 5.41) is 6.23. The zero-order chi connectivity index (χ0) is 13.0. The van der Waals surface area contributed by atoms with Crippen LogP contribution in [0.15, 0.2) is 18.2 Å². The minimum atomic E-state index is -0.226. The van der Waals surface area contributed by atoms with E-state index in [1.54, 1.807) is 6.07 Å². The number of rotatable bonds is 3. The minimum absolute atomic E-state index is 0.149. The SMILES string of the molecule is Cc1c(Cl)cccc1NC(=O)NCC1CCCO1. The number of halogens is 1. The Morgan fingerprint density at radius 2 is 2.39 bits per heavy atom. The summed E-state index contributed by atoms with van der Waals surface area (Å²) in [5.41, 5.74) is 1.60. The molecule has 0 radical (unpaired) electrons. The Bertz CT molecular complexity index is 431. The molecule has 1 heterocycles. The first kappa shape index (κ1) is 13.2. The molecule has 1 aromatic rings. The number of hydrogen-bond acceptors (Lipinski definition) is 2. The first-order valence-electron chi connectivity index (χ1n) is 6.08. The number of ether oxygens (including phenoxy) is 1. The Morgan fingerprint density at radius 3 is 3.11 bits per heavy atom. The van der Waals surface area contributed by atoms with Crippen LogP contribution in [0.4, 0.5) is 10.5 Å². The van der Waals surface area contributed by atoms with Gasteiger partial charge in [0.1, 0.15) is 0 Å². The van der Waals surface area contributed by atoms with Gasteiger partial charge in [0, 0.05) is 23.9 Å². The van der Waals surface area contributed by atoms with E-state index < -0.39 is 0 Å². The molecule has 0 saturated carbocycles. The topological polar surface area (TPSA) is 50.4 Å². The van der Waals surface area contributed by atoms with Gasteiger partial charge < -0.3 is 15.4 Å². The van der Waals surface area contributed by atoms with Crippen LogP contribution in [0.2, 0.25) is 5.02 Å². The maximum Gasteiger partial charge on any atom is 0.319 e. The molecule has 1 aliphatic heterocycles. The highest BCUT2D eigenvalue weighted by Gasteiger charge is 2.16. The lowest BCUT2D eigenvalue weighted by Gasteiger charge is -2.13. The summed E-state index contributed by atoms with van der Waals surface area (Å²) < 4.78 is 5.43. The Morgan fingerprint density at radius 1 is 1.56 bits per heavy atom. The molecule has 1 unspecified atom stereocenters. The molecule has 98 valence electrons. The van der Waals surface area contributed by atoms with Crippen LogP contribution in [-0.4, -0.2) is 25.3 Å². The molecule has 4 nitrogen and oxygen atoms in total. The van der Waals surface area contributed by atoms with Gasteiger partial charge >= 0.3 is 6.03 Å². The minimum Gasteiger partial charge on any atom is -0.376 e. The second-order valence-corrected chi connectivity index (χ2v) is 4.79. The van der Waals surface area contributed by atoms with Crippen molar-refractivity contribution in [2.45, 2.75) is 25.9 Å². The Labute approximate surface area is 112 Å². The van der Waals surface area contributed by atoms with Crippen LogP contribution < -0.4 is 10.6 Å². The molecule has 0 spiro atoms. The lowest BCUT2D eigenvalue weighted by molar-refractivity contribution is 0.112. The number of anilines is 1. The van der Waals surface area contributed by atoms with Crippen molar-refractivity contribution in [3.05, 3.63) is 28.8 Å². The zero-order valence-electron chi connectivity index (χ0n) is 10.3. The van der Waals surface area contributed by atoms with E-state index in [-0.39, 0.29) is 12.1 Å². The van der Waals surface area contributed by atoms with Gasteiger partial charge in [-0.25, -0.2) is 4.79 Å². The quantitative estimate of drug-likeness (QED) is 0.886. The van der Waals surface area contributed by atoms with Crippen LogP contribution in [0.3, 0.4) is 0 Å². The van der Waals surface area contributed by atoms with Crippen molar-refractivity contribution in [2.24, 2.45) is 0 Å². The van der Waals surface area contributed by atoms with Gasteiger partial charge in [-0.05, 0) is 37.5 Å². The fourth-order valence-electron chi connectivity index (χ4n) is 1.92. The lowest BCUT2D eigenvalue weighted by atomic mass is 10.2. The number of carbonyl (C=O) groups excluding carboxylic acids is 1. The summed E-state index contributed by atoms with van der Waals surface area (Å²) in [6, 6.07) is 5.21. The smallest absolute Gasteiger partial charge is 0.319 e. The van der Waals surface area contributed by atoms with Gasteiger partial charge in [-0.3, -0.25) is 0 Å². The van der Waals surface area contributed by atoms with Crippen molar-refractivity contribution >= 4 is 23.3 Å². The highest BCUT2D eigenvalue weighted by Crippen LogP contribution is 2.22. The van der Waals surface area contributed by atoms with Crippen LogP contribution in [0.1, 0.15) is 18.4 Å². The van der Waals surface area contributed by atoms with Crippen molar-refractivity contribution in [3.63, 3.8) is 0 Å². The van der Waals surface area contributed by atoms with Gasteiger partial charge in [0.2, 0.25) is 0 Å². The van der Waals surface area contributed by atoms with E-state index in [9.17, 15) is 4.79 Å². The van der Waals surface area contributed by atoms with Gasteiger partial charge in [-0.15, -0.1) is 0 Å². The first-order chi connectivity index (χ1) is 8.66. The number of benzene rings is 1. The molecule has 1 saturated heterocycles. The summed E-state index contributed by atoms with van der Waals surface area (Å²) >= 11 is 5.99. The van der Waals surface area contributed by atoms with Crippen molar-refractivity contribution in [2.75, 3.05) is 18.5 Å². The van der Waals surface area contributed by atoms with Crippen LogP contribution in [0, 0.1) is 6.92 Å². The second-order valence-electron chi connectivity index (χ2n) is 4.38. The summed E-state index contributed by atoms with van der Waals surface area (Å²) in [7, 11) is 0. The van der Waals surface area contributed by atoms with E-state index in [0.717, 1.165) is 30.7 Å². The molecular weight excluding hydrogens is 252 g/mol. The monoisotopic (exact) mass is 268 g/mol. The summed E-state index contributed by atoms with van der Waals surface area (Å²) in [6.07, 6.45) is 2.23. The van der Waals surface area contributed by atoms with E-state index in [1.165, 1.54) is 0 Å². The largest absolute Gasteiger partial charge is 0.376 e. The van der Waals surface area contributed by atoms with E-state index >= 15 is 0 Å². The van der Waals surface area contributed by atoms with Gasteiger partial charge in [-0.1, -0.05) is 17.7 Å². The van der Waals surface area contributed by atoms with Gasteiger partial charge in [0.15, 0.2) is 0 Å². The summed E-state index contributed by atoms with van der Waals surface area (Å²) in [4.78, 5) is 11.7. The average Bonchev–Trinajstić information content (AvgIpc) is 2.86. The maximum absolute atomic E-state index is 11.7. The second kappa shape index (κ2) is 6.07. The number of urea groups is 1. The third kappa shape index (κ3) is 3.37. The van der Waals surface area contributed by atoms with Gasteiger partial charge in [0.05, 0.1) is 6.10 Å². The number of carbonyl (C=O) groups is 1. The van der Waals surface area contributed by atoms with E-state index in [4.69, 9.17) is 16.3 Å². The molecule has 5 heteroatoms. The van der Waals surface area contributed by atoms with Gasteiger partial charge in [-0.2, -0.15) is 0 Å². The molecule has 1 atom stereocenters. The summed E-state index contributed by atoms with van der Waals surface area (Å²) in [6.45, 7) is 3.21. The normalized spacial score (nSPS) is 18.7. The van der Waals surface area contributed by atoms with Crippen molar-refractivity contribution in [1.29, 1.82) is 0 Å². The van der Waals surface area contributed by atoms with E-state index in [2.05, 4.69) is 10.6 Å². The van der Waals surface area contributed by atoms with Crippen LogP contribution >= 0.6 is 11.6 Å².